The maximum absolute atomic E-state index is 6.08. The number of rotatable bonds is 9. The second kappa shape index (κ2) is 10.5. The van der Waals surface area contributed by atoms with Gasteiger partial charge in [-0.1, -0.05) is 53.5 Å². The molecule has 1 saturated carbocycles. The molecule has 0 spiro atoms. The summed E-state index contributed by atoms with van der Waals surface area (Å²) in [6.07, 6.45) is 5.61. The molecule has 0 radical (unpaired) electrons. The van der Waals surface area contributed by atoms with E-state index in [1.807, 2.05) is 18.2 Å². The third-order valence-corrected chi connectivity index (χ3v) is 7.80. The molecule has 34 heavy (non-hydrogen) atoms. The molecule has 1 aromatic heterocycles. The summed E-state index contributed by atoms with van der Waals surface area (Å²) in [5.41, 5.74) is 2.44. The summed E-state index contributed by atoms with van der Waals surface area (Å²) in [6.45, 7) is 4.74. The van der Waals surface area contributed by atoms with Gasteiger partial charge in [0.25, 0.3) is 0 Å². The number of methoxy groups -OCH3 is 1. The van der Waals surface area contributed by atoms with Gasteiger partial charge in [0, 0.05) is 18.1 Å². The average molecular weight is 481 g/mol. The van der Waals surface area contributed by atoms with Crippen molar-refractivity contribution in [1.29, 1.82) is 0 Å². The zero-order valence-electron chi connectivity index (χ0n) is 19.8. The Morgan fingerprint density at radius 2 is 1.88 bits per heavy atom. The molecular formula is C27H33ClN4O2. The van der Waals surface area contributed by atoms with Gasteiger partial charge in [0.1, 0.15) is 5.75 Å². The Bertz CT molecular complexity index is 1070. The van der Waals surface area contributed by atoms with Gasteiger partial charge in [0.15, 0.2) is 5.82 Å². The molecule has 2 aliphatic rings. The molecule has 0 amide bonds. The fraction of sp³-hybridized carbons (Fsp3) is 0.481. The maximum atomic E-state index is 6.08. The molecule has 0 atom stereocenters. The van der Waals surface area contributed by atoms with E-state index in [0.29, 0.717) is 18.4 Å². The van der Waals surface area contributed by atoms with Crippen molar-refractivity contribution in [3.8, 4) is 5.75 Å². The number of para-hydroxylation sites is 1. The molecule has 7 heteroatoms. The summed E-state index contributed by atoms with van der Waals surface area (Å²) < 4.78 is 11.2. The number of halogens is 1. The zero-order valence-corrected chi connectivity index (χ0v) is 20.6. The van der Waals surface area contributed by atoms with Crippen LogP contribution in [0.1, 0.15) is 60.9 Å². The minimum atomic E-state index is -0.127. The largest absolute Gasteiger partial charge is 0.496 e. The lowest BCUT2D eigenvalue weighted by Crippen LogP contribution is -2.38. The van der Waals surface area contributed by atoms with Gasteiger partial charge in [-0.15, -0.1) is 0 Å². The number of ether oxygens (including phenoxy) is 1. The second-order valence-corrected chi connectivity index (χ2v) is 9.93. The normalized spacial score (nSPS) is 18.5. The van der Waals surface area contributed by atoms with E-state index >= 15 is 0 Å². The van der Waals surface area contributed by atoms with Crippen LogP contribution in [0.5, 0.6) is 5.75 Å². The van der Waals surface area contributed by atoms with E-state index in [1.165, 1.54) is 30.4 Å². The van der Waals surface area contributed by atoms with Crippen LogP contribution in [0.2, 0.25) is 5.02 Å². The van der Waals surface area contributed by atoms with Gasteiger partial charge in [0.2, 0.25) is 5.89 Å². The van der Waals surface area contributed by atoms with Crippen LogP contribution >= 0.6 is 11.6 Å². The van der Waals surface area contributed by atoms with Crippen molar-refractivity contribution < 1.29 is 9.26 Å². The number of piperidine rings is 1. The van der Waals surface area contributed by atoms with Crippen LogP contribution in [0.3, 0.4) is 0 Å². The lowest BCUT2D eigenvalue weighted by Gasteiger charge is -2.39. The third kappa shape index (κ3) is 4.85. The van der Waals surface area contributed by atoms with Gasteiger partial charge >= 0.3 is 0 Å². The van der Waals surface area contributed by atoms with Crippen molar-refractivity contribution >= 4 is 11.6 Å². The van der Waals surface area contributed by atoms with E-state index in [9.17, 15) is 0 Å². The standard InChI is InChI=1S/C27H33ClN4O2/c1-33-24-6-3-2-5-23(24)20-11-16-32(17-12-20)18-15-29-19-25-30-26(31-34-25)27(13-4-14-27)21-7-9-22(28)10-8-21/h2-3,5-10,20,29H,4,11-19H2,1H3. The molecule has 0 unspecified atom stereocenters. The van der Waals surface area contributed by atoms with Crippen molar-refractivity contribution in [2.24, 2.45) is 0 Å². The highest BCUT2D eigenvalue weighted by molar-refractivity contribution is 6.30. The van der Waals surface area contributed by atoms with E-state index in [-0.39, 0.29) is 5.41 Å². The van der Waals surface area contributed by atoms with E-state index in [4.69, 9.17) is 25.8 Å². The summed E-state index contributed by atoms with van der Waals surface area (Å²) in [7, 11) is 1.76. The molecule has 180 valence electrons. The van der Waals surface area contributed by atoms with Crippen molar-refractivity contribution in [3.63, 3.8) is 0 Å². The fourth-order valence-electron chi connectivity index (χ4n) is 5.37. The van der Waals surface area contributed by atoms with Crippen LogP contribution in [-0.2, 0) is 12.0 Å². The van der Waals surface area contributed by atoms with Crippen molar-refractivity contribution in [2.75, 3.05) is 33.3 Å². The first-order valence-electron chi connectivity index (χ1n) is 12.3. The molecule has 1 saturated heterocycles. The average Bonchev–Trinajstić information content (AvgIpc) is 3.31. The number of hydrogen-bond acceptors (Lipinski definition) is 6. The predicted molar refractivity (Wildman–Crippen MR) is 133 cm³/mol. The predicted octanol–water partition coefficient (Wildman–Crippen LogP) is 5.17. The topological polar surface area (TPSA) is 63.4 Å². The molecule has 1 aliphatic heterocycles. The Morgan fingerprint density at radius 3 is 2.59 bits per heavy atom. The lowest BCUT2D eigenvalue weighted by molar-refractivity contribution is 0.210. The number of nitrogens with zero attached hydrogens (tertiary/aromatic N) is 3. The van der Waals surface area contributed by atoms with Crippen molar-refractivity contribution in [3.05, 3.63) is 76.4 Å². The molecule has 2 fully saturated rings. The Hall–Kier alpha value is -2.41. The second-order valence-electron chi connectivity index (χ2n) is 9.49. The molecule has 0 bridgehead atoms. The minimum absolute atomic E-state index is 0.127. The Kier molecular flexibility index (Phi) is 7.18. The number of likely N-dealkylation sites (tertiary alicyclic amines) is 1. The van der Waals surface area contributed by atoms with Crippen LogP contribution in [-0.4, -0.2) is 48.3 Å². The van der Waals surface area contributed by atoms with Gasteiger partial charge in [-0.25, -0.2) is 0 Å². The number of nitrogens with one attached hydrogen (secondary N) is 1. The molecular weight excluding hydrogens is 448 g/mol. The van der Waals surface area contributed by atoms with Gasteiger partial charge in [-0.3, -0.25) is 0 Å². The van der Waals surface area contributed by atoms with Crippen LogP contribution in [0.4, 0.5) is 0 Å². The lowest BCUT2D eigenvalue weighted by atomic mass is 9.64. The van der Waals surface area contributed by atoms with Crippen molar-refractivity contribution in [2.45, 2.75) is 50.0 Å². The first-order chi connectivity index (χ1) is 16.7. The van der Waals surface area contributed by atoms with E-state index in [1.54, 1.807) is 7.11 Å². The van der Waals surface area contributed by atoms with Gasteiger partial charge in [-0.05, 0) is 74.0 Å². The maximum Gasteiger partial charge on any atom is 0.240 e. The van der Waals surface area contributed by atoms with Gasteiger partial charge in [0.05, 0.1) is 19.1 Å². The summed E-state index contributed by atoms with van der Waals surface area (Å²) in [6, 6.07) is 16.5. The number of aromatic nitrogens is 2. The summed E-state index contributed by atoms with van der Waals surface area (Å²) in [4.78, 5) is 7.28. The van der Waals surface area contributed by atoms with Gasteiger partial charge < -0.3 is 19.5 Å². The molecule has 6 nitrogen and oxygen atoms in total. The third-order valence-electron chi connectivity index (χ3n) is 7.55. The van der Waals surface area contributed by atoms with E-state index in [2.05, 4.69) is 45.7 Å². The Balaban J connectivity index is 1.08. The summed E-state index contributed by atoms with van der Waals surface area (Å²) in [5, 5.41) is 8.58. The Morgan fingerprint density at radius 1 is 1.12 bits per heavy atom. The molecule has 5 rings (SSSR count). The summed E-state index contributed by atoms with van der Waals surface area (Å²) >= 11 is 6.08. The highest BCUT2D eigenvalue weighted by atomic mass is 35.5. The molecule has 2 heterocycles. The van der Waals surface area contributed by atoms with Crippen LogP contribution in [0.25, 0.3) is 0 Å². The first kappa shape index (κ1) is 23.3. The molecule has 2 aromatic carbocycles. The molecule has 1 aliphatic carbocycles. The molecule has 3 aromatic rings. The monoisotopic (exact) mass is 480 g/mol. The Labute approximate surface area is 206 Å². The highest BCUT2D eigenvalue weighted by Gasteiger charge is 2.44. The number of hydrogen-bond donors (Lipinski definition) is 1. The minimum Gasteiger partial charge on any atom is -0.496 e. The van der Waals surface area contributed by atoms with Crippen LogP contribution in [0.15, 0.2) is 53.1 Å². The smallest absolute Gasteiger partial charge is 0.240 e. The molecule has 1 N–H and O–H groups in total. The van der Waals surface area contributed by atoms with Crippen LogP contribution < -0.4 is 10.1 Å². The quantitative estimate of drug-likeness (QED) is 0.426. The van der Waals surface area contributed by atoms with E-state index in [0.717, 1.165) is 55.6 Å². The highest BCUT2D eigenvalue weighted by Crippen LogP contribution is 2.47. The van der Waals surface area contributed by atoms with Gasteiger partial charge in [-0.2, -0.15) is 4.98 Å². The SMILES string of the molecule is COc1ccccc1C1CCN(CCNCc2nc(C3(c4ccc(Cl)cc4)CCC3)no2)CC1. The number of benzene rings is 2. The first-order valence-corrected chi connectivity index (χ1v) is 12.7. The summed E-state index contributed by atoms with van der Waals surface area (Å²) in [5.74, 6) is 3.05. The van der Waals surface area contributed by atoms with E-state index < -0.39 is 0 Å². The van der Waals surface area contributed by atoms with Crippen LogP contribution in [0, 0.1) is 0 Å². The fourth-order valence-corrected chi connectivity index (χ4v) is 5.49. The zero-order chi connectivity index (χ0) is 23.4. The van der Waals surface area contributed by atoms with Crippen molar-refractivity contribution in [1.82, 2.24) is 20.4 Å².